The lowest BCUT2D eigenvalue weighted by atomic mass is 10.1. The van der Waals surface area contributed by atoms with Gasteiger partial charge in [0.25, 0.3) is 0 Å². The summed E-state index contributed by atoms with van der Waals surface area (Å²) in [5.41, 5.74) is 6.15. The van der Waals surface area contributed by atoms with Gasteiger partial charge in [0.1, 0.15) is 5.78 Å². The summed E-state index contributed by atoms with van der Waals surface area (Å²) >= 11 is 0. The summed E-state index contributed by atoms with van der Waals surface area (Å²) in [4.78, 5) is 11.0. The molecule has 0 bridgehead atoms. The molecule has 0 amide bonds. The number of carbonyl (C=O) groups is 1. The molecule has 1 aromatic heterocycles. The van der Waals surface area contributed by atoms with Gasteiger partial charge in [-0.15, -0.1) is 0 Å². The molecule has 5 nitrogen and oxygen atoms in total. The van der Waals surface area contributed by atoms with Crippen molar-refractivity contribution in [1.29, 1.82) is 0 Å². The summed E-state index contributed by atoms with van der Waals surface area (Å²) in [6, 6.07) is 0. The van der Waals surface area contributed by atoms with E-state index in [1.165, 1.54) is 0 Å². The topological polar surface area (TPSA) is 84.7 Å². The van der Waals surface area contributed by atoms with Crippen molar-refractivity contribution in [1.82, 2.24) is 15.4 Å². The Morgan fingerprint density at radius 2 is 2.38 bits per heavy atom. The number of nitrogens with zero attached hydrogens (tertiary/aromatic N) is 2. The summed E-state index contributed by atoms with van der Waals surface area (Å²) in [5, 5.41) is 10.1. The molecule has 5 heteroatoms. The van der Waals surface area contributed by atoms with Crippen LogP contribution in [0.2, 0.25) is 0 Å². The van der Waals surface area contributed by atoms with Crippen LogP contribution in [-0.4, -0.2) is 27.7 Å². The van der Waals surface area contributed by atoms with Crippen LogP contribution in [0.4, 0.5) is 0 Å². The van der Waals surface area contributed by atoms with E-state index in [1.807, 2.05) is 0 Å². The standard InChI is InChI=1S/C8H14N4O/c9-5-4-8(13)3-1-2-7-6-10-12-11-7/h6H,1-5,9H2,(H,10,11,12). The van der Waals surface area contributed by atoms with Crippen molar-refractivity contribution >= 4 is 5.78 Å². The number of rotatable bonds is 6. The molecule has 3 N–H and O–H groups in total. The highest BCUT2D eigenvalue weighted by Crippen LogP contribution is 2.00. The minimum atomic E-state index is 0.228. The molecule has 0 fully saturated rings. The van der Waals surface area contributed by atoms with E-state index in [2.05, 4.69) is 15.4 Å². The van der Waals surface area contributed by atoms with Crippen LogP contribution in [0.3, 0.4) is 0 Å². The number of carbonyl (C=O) groups excluding carboxylic acids is 1. The molecule has 0 aliphatic rings. The van der Waals surface area contributed by atoms with Crippen molar-refractivity contribution in [3.63, 3.8) is 0 Å². The van der Waals surface area contributed by atoms with E-state index < -0.39 is 0 Å². The first-order valence-electron chi connectivity index (χ1n) is 4.39. The molecule has 0 aliphatic heterocycles. The highest BCUT2D eigenvalue weighted by Gasteiger charge is 2.01. The molecule has 0 saturated carbocycles. The van der Waals surface area contributed by atoms with Crippen molar-refractivity contribution in [3.05, 3.63) is 11.9 Å². The number of Topliss-reactive ketones (excluding diaryl/α,β-unsaturated/α-hetero) is 1. The predicted molar refractivity (Wildman–Crippen MR) is 48.0 cm³/mol. The molecular weight excluding hydrogens is 168 g/mol. The Bertz CT molecular complexity index is 245. The van der Waals surface area contributed by atoms with Crippen LogP contribution >= 0.6 is 0 Å². The number of aromatic nitrogens is 3. The van der Waals surface area contributed by atoms with Gasteiger partial charge in [-0.05, 0) is 19.4 Å². The molecule has 1 rings (SSSR count). The van der Waals surface area contributed by atoms with Crippen LogP contribution in [0, 0.1) is 0 Å². The Labute approximate surface area is 76.7 Å². The van der Waals surface area contributed by atoms with E-state index >= 15 is 0 Å². The second-order valence-corrected chi connectivity index (χ2v) is 2.89. The lowest BCUT2D eigenvalue weighted by molar-refractivity contribution is -0.118. The molecule has 0 spiro atoms. The van der Waals surface area contributed by atoms with E-state index in [9.17, 15) is 4.79 Å². The van der Waals surface area contributed by atoms with Gasteiger partial charge in [-0.25, -0.2) is 0 Å². The average Bonchev–Trinajstić information content (AvgIpc) is 2.57. The predicted octanol–water partition coefficient (Wildman–Crippen LogP) is 0.0453. The van der Waals surface area contributed by atoms with Gasteiger partial charge >= 0.3 is 0 Å². The van der Waals surface area contributed by atoms with Gasteiger partial charge in [0, 0.05) is 12.8 Å². The first kappa shape index (κ1) is 9.85. The van der Waals surface area contributed by atoms with Gasteiger partial charge in [-0.1, -0.05) is 0 Å². The van der Waals surface area contributed by atoms with E-state index in [4.69, 9.17) is 5.73 Å². The summed E-state index contributed by atoms with van der Waals surface area (Å²) in [7, 11) is 0. The van der Waals surface area contributed by atoms with Gasteiger partial charge in [0.05, 0.1) is 11.9 Å². The SMILES string of the molecule is NCCC(=O)CCCc1cn[nH]n1. The van der Waals surface area contributed by atoms with Gasteiger partial charge in [0.2, 0.25) is 0 Å². The third-order valence-corrected chi connectivity index (χ3v) is 1.78. The van der Waals surface area contributed by atoms with Gasteiger partial charge in [-0.2, -0.15) is 15.4 Å². The Morgan fingerprint density at radius 1 is 1.54 bits per heavy atom. The average molecular weight is 182 g/mol. The Kier molecular flexibility index (Phi) is 4.11. The molecule has 1 aromatic rings. The number of nitrogens with two attached hydrogens (primary N) is 1. The summed E-state index contributed by atoms with van der Waals surface area (Å²) in [6.07, 6.45) is 4.37. The smallest absolute Gasteiger partial charge is 0.134 e. The number of hydrogen-bond donors (Lipinski definition) is 2. The van der Waals surface area contributed by atoms with Gasteiger partial charge < -0.3 is 5.73 Å². The number of ketones is 1. The fourth-order valence-electron chi connectivity index (χ4n) is 1.10. The zero-order valence-corrected chi connectivity index (χ0v) is 7.49. The zero-order valence-electron chi connectivity index (χ0n) is 7.49. The maximum Gasteiger partial charge on any atom is 0.134 e. The molecule has 72 valence electrons. The lowest BCUT2D eigenvalue weighted by Crippen LogP contribution is -2.07. The maximum atomic E-state index is 11.0. The fraction of sp³-hybridized carbons (Fsp3) is 0.625. The molecule has 0 unspecified atom stereocenters. The fourth-order valence-corrected chi connectivity index (χ4v) is 1.10. The first-order chi connectivity index (χ1) is 6.33. The second kappa shape index (κ2) is 5.42. The van der Waals surface area contributed by atoms with Crippen LogP contribution in [0.5, 0.6) is 0 Å². The van der Waals surface area contributed by atoms with Crippen LogP contribution in [0.25, 0.3) is 0 Å². The highest BCUT2D eigenvalue weighted by molar-refractivity contribution is 5.78. The number of H-pyrrole nitrogens is 1. The van der Waals surface area contributed by atoms with E-state index in [-0.39, 0.29) is 5.78 Å². The molecule has 0 saturated heterocycles. The van der Waals surface area contributed by atoms with Crippen molar-refractivity contribution in [2.45, 2.75) is 25.7 Å². The van der Waals surface area contributed by atoms with Gasteiger partial charge in [0.15, 0.2) is 0 Å². The summed E-state index contributed by atoms with van der Waals surface area (Å²) in [5.74, 6) is 0.228. The van der Waals surface area contributed by atoms with Crippen molar-refractivity contribution < 1.29 is 4.79 Å². The summed E-state index contributed by atoms with van der Waals surface area (Å²) < 4.78 is 0. The summed E-state index contributed by atoms with van der Waals surface area (Å²) in [6.45, 7) is 0.447. The second-order valence-electron chi connectivity index (χ2n) is 2.89. The molecule has 0 atom stereocenters. The van der Waals surface area contributed by atoms with Crippen molar-refractivity contribution in [2.24, 2.45) is 5.73 Å². The minimum Gasteiger partial charge on any atom is -0.330 e. The molecule has 1 heterocycles. The van der Waals surface area contributed by atoms with Crippen LogP contribution in [0.1, 0.15) is 25.0 Å². The molecular formula is C8H14N4O. The Hall–Kier alpha value is -1.23. The third-order valence-electron chi connectivity index (χ3n) is 1.78. The largest absolute Gasteiger partial charge is 0.330 e. The van der Waals surface area contributed by atoms with Crippen LogP contribution in [0.15, 0.2) is 6.20 Å². The molecule has 0 radical (unpaired) electrons. The number of hydrogen-bond acceptors (Lipinski definition) is 4. The Balaban J connectivity index is 2.11. The molecule has 0 aliphatic carbocycles. The quantitative estimate of drug-likeness (QED) is 0.650. The lowest BCUT2D eigenvalue weighted by Gasteiger charge is -1.96. The third kappa shape index (κ3) is 3.80. The first-order valence-corrected chi connectivity index (χ1v) is 4.39. The van der Waals surface area contributed by atoms with E-state index in [0.29, 0.717) is 19.4 Å². The molecule has 0 aromatic carbocycles. The van der Waals surface area contributed by atoms with Crippen LogP contribution in [-0.2, 0) is 11.2 Å². The van der Waals surface area contributed by atoms with E-state index in [1.54, 1.807) is 6.20 Å². The van der Waals surface area contributed by atoms with Gasteiger partial charge in [-0.3, -0.25) is 4.79 Å². The zero-order chi connectivity index (χ0) is 9.52. The van der Waals surface area contributed by atoms with Crippen LogP contribution < -0.4 is 5.73 Å². The van der Waals surface area contributed by atoms with Crippen molar-refractivity contribution in [2.75, 3.05) is 6.54 Å². The Morgan fingerprint density at radius 3 is 3.00 bits per heavy atom. The normalized spacial score (nSPS) is 10.2. The minimum absolute atomic E-state index is 0.228. The maximum absolute atomic E-state index is 11.0. The highest BCUT2D eigenvalue weighted by atomic mass is 16.1. The number of nitrogens with one attached hydrogen (secondary N) is 1. The van der Waals surface area contributed by atoms with E-state index in [0.717, 1.165) is 18.5 Å². The molecule has 13 heavy (non-hydrogen) atoms. The number of aromatic amines is 1. The number of aryl methyl sites for hydroxylation is 1. The monoisotopic (exact) mass is 182 g/mol. The van der Waals surface area contributed by atoms with Crippen molar-refractivity contribution in [3.8, 4) is 0 Å².